The minimum atomic E-state index is -4.07. The van der Waals surface area contributed by atoms with E-state index >= 15 is 8.78 Å². The molecule has 0 fully saturated rings. The summed E-state index contributed by atoms with van der Waals surface area (Å²) >= 11 is 0. The van der Waals surface area contributed by atoms with Crippen LogP contribution < -0.4 is 15.2 Å². The fourth-order valence-corrected chi connectivity index (χ4v) is 6.08. The maximum Gasteiger partial charge on any atom is 0.306 e. The van der Waals surface area contributed by atoms with Gasteiger partial charge in [0.05, 0.1) is 34.7 Å². The highest BCUT2D eigenvalue weighted by molar-refractivity contribution is 7.91. The predicted octanol–water partition coefficient (Wildman–Crippen LogP) is 4.95. The summed E-state index contributed by atoms with van der Waals surface area (Å²) in [6.45, 7) is 2.90. The molecule has 0 spiro atoms. The van der Waals surface area contributed by atoms with Crippen LogP contribution in [0.1, 0.15) is 30.0 Å². The number of benzene rings is 3. The highest BCUT2D eigenvalue weighted by atomic mass is 32.2. The number of phenols is 1. The van der Waals surface area contributed by atoms with Gasteiger partial charge in [-0.1, -0.05) is 12.1 Å². The van der Waals surface area contributed by atoms with Crippen molar-refractivity contribution in [3.63, 3.8) is 0 Å². The molecule has 1 aliphatic heterocycles. The third kappa shape index (κ3) is 7.20. The van der Waals surface area contributed by atoms with Gasteiger partial charge in [0.25, 0.3) is 5.88 Å². The third-order valence-corrected chi connectivity index (χ3v) is 9.07. The number of carbonyl (C=O) groups excluding carboxylic acids is 1. The molecule has 0 unspecified atom stereocenters. The van der Waals surface area contributed by atoms with Gasteiger partial charge < -0.3 is 30.0 Å². The Morgan fingerprint density at radius 3 is 2.44 bits per heavy atom. The Morgan fingerprint density at radius 1 is 1.04 bits per heavy atom. The van der Waals surface area contributed by atoms with Gasteiger partial charge in [-0.2, -0.15) is 4.39 Å². The van der Waals surface area contributed by atoms with E-state index in [1.54, 1.807) is 31.0 Å². The lowest BCUT2D eigenvalue weighted by molar-refractivity contribution is -0.143. The monoisotopic (exact) mass is 679 g/mol. The Bertz CT molecular complexity index is 2020. The molecule has 250 valence electrons. The van der Waals surface area contributed by atoms with E-state index in [0.29, 0.717) is 31.5 Å². The number of rotatable bonds is 12. The minimum absolute atomic E-state index is 0.00572. The number of carbonyl (C=O) groups is 1. The molecular formula is C33H31F2N5O7S. The Hall–Kier alpha value is -5.57. The van der Waals surface area contributed by atoms with E-state index < -0.39 is 38.9 Å². The van der Waals surface area contributed by atoms with Gasteiger partial charge in [0.1, 0.15) is 17.4 Å². The van der Waals surface area contributed by atoms with Crippen molar-refractivity contribution in [1.82, 2.24) is 9.88 Å². The molecular weight excluding hydrogens is 648 g/mol. The van der Waals surface area contributed by atoms with Crippen molar-refractivity contribution in [2.75, 3.05) is 26.7 Å². The van der Waals surface area contributed by atoms with Crippen LogP contribution in [0.15, 0.2) is 81.6 Å². The highest BCUT2D eigenvalue weighted by Gasteiger charge is 2.27. The average molecular weight is 680 g/mol. The van der Waals surface area contributed by atoms with Gasteiger partial charge in [-0.05, 0) is 67.4 Å². The number of pyridine rings is 1. The standard InChI is InChI=1S/C33H31F2N5O7S/c1-3-45-28(42)13-6-19-4-8-21(9-5-19)48(43,44)22-10-12-26(23(17-22)32-38-14-15-40(32)2)46-30-24(34)18-39-33(29(30)35)47-27-16-20(31(36)37)7-11-25(27)41/h4-5,7-12,16-18,41H,3,6,13-15H2,1-2H3,(H3,36,37). The number of nitrogen functional groups attached to an aromatic ring is 1. The van der Waals surface area contributed by atoms with Crippen LogP contribution in [0, 0.1) is 17.0 Å². The number of amidine groups is 2. The lowest BCUT2D eigenvalue weighted by Gasteiger charge is -2.19. The Morgan fingerprint density at radius 2 is 1.77 bits per heavy atom. The molecule has 3 aromatic carbocycles. The van der Waals surface area contributed by atoms with Crippen LogP contribution in [-0.4, -0.2) is 67.8 Å². The highest BCUT2D eigenvalue weighted by Crippen LogP contribution is 2.38. The summed E-state index contributed by atoms with van der Waals surface area (Å²) in [5, 5.41) is 17.8. The number of aromatic hydroxyl groups is 1. The summed E-state index contributed by atoms with van der Waals surface area (Å²) in [6.07, 6.45) is 1.19. The number of aliphatic imine (C=N–C) groups is 1. The number of nitrogens with zero attached hydrogens (tertiary/aromatic N) is 3. The smallest absolute Gasteiger partial charge is 0.306 e. The number of esters is 1. The van der Waals surface area contributed by atoms with E-state index in [2.05, 4.69) is 9.98 Å². The molecule has 0 atom stereocenters. The first-order valence-corrected chi connectivity index (χ1v) is 16.1. The SMILES string of the molecule is CCOC(=O)CCc1ccc(S(=O)(=O)c2ccc(Oc3c(F)cnc(Oc4cc(C(=N)N)ccc4O)c3F)c(C3=NCCN3C)c2)cc1. The maximum absolute atomic E-state index is 15.7. The van der Waals surface area contributed by atoms with Crippen LogP contribution >= 0.6 is 0 Å². The number of phenolic OH excluding ortho intramolecular Hbond substituents is 1. The molecule has 5 rings (SSSR count). The lowest BCUT2D eigenvalue weighted by atomic mass is 10.1. The quantitative estimate of drug-likeness (QED) is 0.105. The molecule has 0 amide bonds. The fraction of sp³-hybridized carbons (Fsp3) is 0.212. The first-order chi connectivity index (χ1) is 22.9. The van der Waals surface area contributed by atoms with Crippen molar-refractivity contribution in [2.24, 2.45) is 10.7 Å². The molecule has 2 heterocycles. The Kier molecular flexibility index (Phi) is 9.89. The predicted molar refractivity (Wildman–Crippen MR) is 171 cm³/mol. The molecule has 0 bridgehead atoms. The van der Waals surface area contributed by atoms with Crippen molar-refractivity contribution in [3.8, 4) is 28.9 Å². The van der Waals surface area contributed by atoms with Crippen molar-refractivity contribution >= 4 is 27.5 Å². The zero-order valence-electron chi connectivity index (χ0n) is 25.9. The minimum Gasteiger partial charge on any atom is -0.504 e. The molecule has 0 aliphatic carbocycles. The molecule has 0 saturated heterocycles. The Balaban J connectivity index is 1.47. The first-order valence-electron chi connectivity index (χ1n) is 14.7. The average Bonchev–Trinajstić information content (AvgIpc) is 3.49. The molecule has 4 aromatic rings. The molecule has 0 radical (unpaired) electrons. The fourth-order valence-electron chi connectivity index (χ4n) is 4.79. The normalized spacial score (nSPS) is 12.8. The second-order valence-corrected chi connectivity index (χ2v) is 12.5. The van der Waals surface area contributed by atoms with Crippen LogP contribution in [0.4, 0.5) is 8.78 Å². The number of hydrogen-bond acceptors (Lipinski definition) is 11. The van der Waals surface area contributed by atoms with Gasteiger partial charge in [0.15, 0.2) is 17.3 Å². The van der Waals surface area contributed by atoms with Gasteiger partial charge in [-0.15, -0.1) is 0 Å². The number of sulfone groups is 1. The summed E-state index contributed by atoms with van der Waals surface area (Å²) in [5.74, 6) is -5.35. The lowest BCUT2D eigenvalue weighted by Crippen LogP contribution is -2.24. The van der Waals surface area contributed by atoms with E-state index in [9.17, 15) is 18.3 Å². The summed E-state index contributed by atoms with van der Waals surface area (Å²) in [5.41, 5.74) is 6.57. The van der Waals surface area contributed by atoms with E-state index in [0.717, 1.165) is 5.56 Å². The first kappa shape index (κ1) is 33.8. The number of ether oxygens (including phenoxy) is 3. The van der Waals surface area contributed by atoms with Crippen molar-refractivity contribution in [1.29, 1.82) is 5.41 Å². The van der Waals surface area contributed by atoms with Crippen molar-refractivity contribution in [2.45, 2.75) is 29.6 Å². The van der Waals surface area contributed by atoms with Crippen LogP contribution in [0.5, 0.6) is 28.9 Å². The summed E-state index contributed by atoms with van der Waals surface area (Å²) in [4.78, 5) is 21.4. The summed E-state index contributed by atoms with van der Waals surface area (Å²) < 4.78 is 74.1. The topological polar surface area (TPSA) is 177 Å². The van der Waals surface area contributed by atoms with Crippen LogP contribution in [0.2, 0.25) is 0 Å². The molecule has 4 N–H and O–H groups in total. The van der Waals surface area contributed by atoms with Gasteiger partial charge in [0, 0.05) is 25.6 Å². The van der Waals surface area contributed by atoms with Crippen molar-refractivity contribution in [3.05, 3.63) is 95.2 Å². The number of nitrogens with one attached hydrogen (secondary N) is 1. The second-order valence-electron chi connectivity index (χ2n) is 10.6. The molecule has 48 heavy (non-hydrogen) atoms. The number of aryl methyl sites for hydroxylation is 1. The maximum atomic E-state index is 15.7. The van der Waals surface area contributed by atoms with Crippen molar-refractivity contribution < 1.29 is 41.3 Å². The van der Waals surface area contributed by atoms with Gasteiger partial charge in [-0.25, -0.2) is 17.8 Å². The zero-order chi connectivity index (χ0) is 34.6. The van der Waals surface area contributed by atoms with Crippen LogP contribution in [0.3, 0.4) is 0 Å². The van der Waals surface area contributed by atoms with Crippen LogP contribution in [0.25, 0.3) is 0 Å². The Labute approximate surface area is 274 Å². The van der Waals surface area contributed by atoms with Gasteiger partial charge >= 0.3 is 5.97 Å². The molecule has 12 nitrogen and oxygen atoms in total. The molecule has 0 saturated carbocycles. The largest absolute Gasteiger partial charge is 0.504 e. The van der Waals surface area contributed by atoms with E-state index in [4.69, 9.17) is 25.4 Å². The zero-order valence-corrected chi connectivity index (χ0v) is 26.7. The third-order valence-electron chi connectivity index (χ3n) is 7.31. The number of hydrogen-bond donors (Lipinski definition) is 3. The number of aromatic nitrogens is 1. The van der Waals surface area contributed by atoms with Gasteiger partial charge in [-0.3, -0.25) is 15.2 Å². The van der Waals surface area contributed by atoms with Gasteiger partial charge in [0.2, 0.25) is 21.4 Å². The molecule has 1 aromatic heterocycles. The van der Waals surface area contributed by atoms with E-state index in [-0.39, 0.29) is 57.2 Å². The van der Waals surface area contributed by atoms with Crippen LogP contribution in [-0.2, 0) is 25.8 Å². The van der Waals surface area contributed by atoms with E-state index in [1.807, 2.05) is 0 Å². The molecule has 15 heteroatoms. The number of nitrogens with two attached hydrogens (primary N) is 1. The van der Waals surface area contributed by atoms with E-state index in [1.165, 1.54) is 48.5 Å². The second kappa shape index (κ2) is 14.0. The molecule has 1 aliphatic rings. The summed E-state index contributed by atoms with van der Waals surface area (Å²) in [6, 6.07) is 13.7. The number of likely N-dealkylation sites (N-methyl/N-ethyl adjacent to an activating group) is 1. The number of halogens is 2. The summed E-state index contributed by atoms with van der Waals surface area (Å²) in [7, 11) is -2.34.